The van der Waals surface area contributed by atoms with Gasteiger partial charge in [-0.3, -0.25) is 0 Å². The van der Waals surface area contributed by atoms with E-state index in [-0.39, 0.29) is 18.3 Å². The maximum absolute atomic E-state index is 6.12. The molecule has 0 amide bonds. The molecule has 0 spiro atoms. The van der Waals surface area contributed by atoms with E-state index >= 15 is 0 Å². The van der Waals surface area contributed by atoms with Crippen LogP contribution < -0.4 is 10.2 Å². The normalized spacial score (nSPS) is 20.6. The van der Waals surface area contributed by atoms with Crippen molar-refractivity contribution in [3.8, 4) is 5.75 Å². The van der Waals surface area contributed by atoms with E-state index in [0.717, 1.165) is 16.6 Å². The van der Waals surface area contributed by atoms with Crippen LogP contribution in [0, 0.1) is 0 Å². The van der Waals surface area contributed by atoms with E-state index in [0.29, 0.717) is 0 Å². The Morgan fingerprint density at radius 1 is 1.05 bits per heavy atom. The first-order valence-corrected chi connectivity index (χ1v) is 7.63. The second-order valence-corrected chi connectivity index (χ2v) is 7.06. The smallest absolute Gasteiger partial charge is 0.496 e. The van der Waals surface area contributed by atoms with Gasteiger partial charge in [0.15, 0.2) is 0 Å². The van der Waals surface area contributed by atoms with Crippen LogP contribution in [0.2, 0.25) is 0 Å². The molecule has 20 heavy (non-hydrogen) atoms. The predicted molar refractivity (Wildman–Crippen MR) is 84.1 cm³/mol. The first-order chi connectivity index (χ1) is 9.36. The van der Waals surface area contributed by atoms with Gasteiger partial charge < -0.3 is 14.0 Å². The van der Waals surface area contributed by atoms with Crippen molar-refractivity contribution in [3.63, 3.8) is 0 Å². The van der Waals surface area contributed by atoms with Gasteiger partial charge in [-0.25, -0.2) is 0 Å². The van der Waals surface area contributed by atoms with Crippen LogP contribution in [0.15, 0.2) is 23.6 Å². The zero-order valence-corrected chi connectivity index (χ0v) is 13.3. The average Bonchev–Trinajstić information content (AvgIpc) is 2.91. The van der Waals surface area contributed by atoms with Gasteiger partial charge >= 0.3 is 7.12 Å². The summed E-state index contributed by atoms with van der Waals surface area (Å²) >= 11 is 1.71. The van der Waals surface area contributed by atoms with Crippen LogP contribution in [0.5, 0.6) is 5.75 Å². The van der Waals surface area contributed by atoms with Crippen molar-refractivity contribution in [2.45, 2.75) is 38.9 Å². The minimum absolute atomic E-state index is 0.341. The Kier molecular flexibility index (Phi) is 3.12. The summed E-state index contributed by atoms with van der Waals surface area (Å²) in [5.41, 5.74) is 0.274. The fraction of sp³-hybridized carbons (Fsp3) is 0.467. The van der Waals surface area contributed by atoms with Crippen LogP contribution in [0.3, 0.4) is 0 Å². The molecule has 0 saturated carbocycles. The molecule has 0 atom stereocenters. The van der Waals surface area contributed by atoms with Crippen molar-refractivity contribution in [2.75, 3.05) is 7.11 Å². The molecule has 0 N–H and O–H groups in total. The monoisotopic (exact) mass is 290 g/mol. The van der Waals surface area contributed by atoms with Crippen molar-refractivity contribution in [1.29, 1.82) is 0 Å². The number of thiophene rings is 1. The van der Waals surface area contributed by atoms with Crippen LogP contribution in [-0.2, 0) is 9.31 Å². The Morgan fingerprint density at radius 2 is 1.70 bits per heavy atom. The predicted octanol–water partition coefficient (Wildman–Crippen LogP) is 3.21. The molecule has 5 heteroatoms. The van der Waals surface area contributed by atoms with E-state index in [4.69, 9.17) is 14.0 Å². The molecule has 1 aliphatic heterocycles. The lowest BCUT2D eigenvalue weighted by Gasteiger charge is -2.32. The van der Waals surface area contributed by atoms with Gasteiger partial charge in [0, 0.05) is 15.5 Å². The summed E-state index contributed by atoms with van der Waals surface area (Å²) in [4.78, 5) is 0. The quantitative estimate of drug-likeness (QED) is 0.795. The van der Waals surface area contributed by atoms with Crippen molar-refractivity contribution in [2.24, 2.45) is 0 Å². The molecule has 2 heterocycles. The third kappa shape index (κ3) is 1.96. The fourth-order valence-electron chi connectivity index (χ4n) is 2.42. The maximum atomic E-state index is 6.12. The molecule has 106 valence electrons. The summed E-state index contributed by atoms with van der Waals surface area (Å²) in [6.07, 6.45) is 0. The zero-order valence-electron chi connectivity index (χ0n) is 12.5. The van der Waals surface area contributed by atoms with Crippen LogP contribution >= 0.6 is 11.3 Å². The SMILES string of the molecule is COc1c(B2OC(C)(C)C(C)(C)O2)ccc2sccc12. The summed E-state index contributed by atoms with van der Waals surface area (Å²) in [5.74, 6) is 0.849. The Morgan fingerprint density at radius 3 is 2.30 bits per heavy atom. The van der Waals surface area contributed by atoms with Gasteiger partial charge in [0.1, 0.15) is 5.75 Å². The van der Waals surface area contributed by atoms with Gasteiger partial charge in [-0.05, 0) is 45.2 Å². The second-order valence-electron chi connectivity index (χ2n) is 6.11. The lowest BCUT2D eigenvalue weighted by Crippen LogP contribution is -2.41. The molecule has 2 aromatic rings. The largest absolute Gasteiger partial charge is 0.498 e. The van der Waals surface area contributed by atoms with E-state index in [9.17, 15) is 0 Å². The Bertz CT molecular complexity index is 632. The number of benzene rings is 1. The van der Waals surface area contributed by atoms with Gasteiger partial charge in [0.05, 0.1) is 18.3 Å². The third-order valence-electron chi connectivity index (χ3n) is 4.33. The molecule has 1 aliphatic rings. The second kappa shape index (κ2) is 4.48. The highest BCUT2D eigenvalue weighted by Crippen LogP contribution is 2.38. The molecule has 3 nitrogen and oxygen atoms in total. The molecule has 0 radical (unpaired) electrons. The van der Waals surface area contributed by atoms with Crippen molar-refractivity contribution in [1.82, 2.24) is 0 Å². The summed E-state index contributed by atoms with van der Waals surface area (Å²) in [6.45, 7) is 8.23. The number of hydrogen-bond acceptors (Lipinski definition) is 4. The molecule has 3 rings (SSSR count). The van der Waals surface area contributed by atoms with Gasteiger partial charge in [-0.2, -0.15) is 0 Å². The first-order valence-electron chi connectivity index (χ1n) is 6.75. The first kappa shape index (κ1) is 13.9. The number of rotatable bonds is 2. The minimum atomic E-state index is -0.390. The molecule has 1 aromatic heterocycles. The Labute approximate surface area is 124 Å². The number of ether oxygens (including phenoxy) is 1. The standard InChI is InChI=1S/C15H19BO3S/c1-14(2)15(3,4)19-16(18-14)11-6-7-12-10(8-9-20-12)13(11)17-5/h6-9H,1-5H3. The van der Waals surface area contributed by atoms with Crippen LogP contribution in [0.4, 0.5) is 0 Å². The van der Waals surface area contributed by atoms with E-state index < -0.39 is 0 Å². The number of fused-ring (bicyclic) bond motifs is 1. The number of methoxy groups -OCH3 is 1. The molecular weight excluding hydrogens is 271 g/mol. The minimum Gasteiger partial charge on any atom is -0.496 e. The molecule has 0 aliphatic carbocycles. The van der Waals surface area contributed by atoms with Gasteiger partial charge in [0.2, 0.25) is 0 Å². The zero-order chi connectivity index (χ0) is 14.5. The topological polar surface area (TPSA) is 27.7 Å². The van der Waals surface area contributed by atoms with Gasteiger partial charge in [-0.15, -0.1) is 11.3 Å². The third-order valence-corrected chi connectivity index (χ3v) is 5.21. The fourth-order valence-corrected chi connectivity index (χ4v) is 3.20. The lowest BCUT2D eigenvalue weighted by atomic mass is 9.78. The summed E-state index contributed by atoms with van der Waals surface area (Å²) in [7, 11) is 1.31. The summed E-state index contributed by atoms with van der Waals surface area (Å²) in [6, 6.07) is 6.22. The van der Waals surface area contributed by atoms with Gasteiger partial charge in [0.25, 0.3) is 0 Å². The molecule has 1 aromatic carbocycles. The van der Waals surface area contributed by atoms with E-state index in [2.05, 4.69) is 45.2 Å². The van der Waals surface area contributed by atoms with Crippen molar-refractivity contribution < 1.29 is 14.0 Å². The molecule has 0 unspecified atom stereocenters. The van der Waals surface area contributed by atoms with E-state index in [1.807, 2.05) is 6.07 Å². The van der Waals surface area contributed by atoms with E-state index in [1.165, 1.54) is 4.70 Å². The van der Waals surface area contributed by atoms with Crippen LogP contribution in [0.1, 0.15) is 27.7 Å². The summed E-state index contributed by atoms with van der Waals surface area (Å²) in [5, 5.41) is 3.19. The average molecular weight is 290 g/mol. The van der Waals surface area contributed by atoms with Crippen molar-refractivity contribution >= 4 is 34.0 Å². The van der Waals surface area contributed by atoms with Crippen molar-refractivity contribution in [3.05, 3.63) is 23.6 Å². The highest BCUT2D eigenvalue weighted by molar-refractivity contribution is 7.17. The lowest BCUT2D eigenvalue weighted by molar-refractivity contribution is 0.00578. The van der Waals surface area contributed by atoms with Crippen LogP contribution in [0.25, 0.3) is 10.1 Å². The van der Waals surface area contributed by atoms with Gasteiger partial charge in [-0.1, -0.05) is 6.07 Å². The van der Waals surface area contributed by atoms with E-state index in [1.54, 1.807) is 18.4 Å². The Balaban J connectivity index is 2.07. The summed E-state index contributed by atoms with van der Waals surface area (Å²) < 4.78 is 19.1. The Hall–Kier alpha value is -1.04. The highest BCUT2D eigenvalue weighted by Gasteiger charge is 2.52. The molecular formula is C15H19BO3S. The molecule has 0 bridgehead atoms. The maximum Gasteiger partial charge on any atom is 0.498 e. The van der Waals surface area contributed by atoms with Crippen LogP contribution in [-0.4, -0.2) is 25.4 Å². The highest BCUT2D eigenvalue weighted by atomic mass is 32.1. The number of hydrogen-bond donors (Lipinski definition) is 0. The molecule has 1 saturated heterocycles. The molecule has 1 fully saturated rings.